The van der Waals surface area contributed by atoms with E-state index in [1.807, 2.05) is 50.2 Å². The topological polar surface area (TPSA) is 61.5 Å². The van der Waals surface area contributed by atoms with Gasteiger partial charge >= 0.3 is 0 Å². The van der Waals surface area contributed by atoms with Gasteiger partial charge in [0, 0.05) is 10.9 Å². The minimum absolute atomic E-state index is 0.118. The highest BCUT2D eigenvalue weighted by atomic mass is 16.1. The van der Waals surface area contributed by atoms with Crippen molar-refractivity contribution in [2.24, 2.45) is 0 Å². The van der Waals surface area contributed by atoms with E-state index in [2.05, 4.69) is 21.0 Å². The van der Waals surface area contributed by atoms with E-state index in [4.69, 9.17) is 0 Å². The lowest BCUT2D eigenvalue weighted by Gasteiger charge is -2.07. The minimum atomic E-state index is -0.118. The average molecular weight is 289 g/mol. The molecule has 0 saturated heterocycles. The van der Waals surface area contributed by atoms with Gasteiger partial charge in [0.15, 0.2) is 0 Å². The van der Waals surface area contributed by atoms with Gasteiger partial charge in [-0.05, 0) is 43.7 Å². The number of para-hydroxylation sites is 2. The number of aryl methyl sites for hydroxylation is 2. The Morgan fingerprint density at radius 2 is 1.77 bits per heavy atom. The van der Waals surface area contributed by atoms with Crippen LogP contribution in [0.3, 0.4) is 0 Å². The van der Waals surface area contributed by atoms with E-state index in [0.717, 1.165) is 27.5 Å². The summed E-state index contributed by atoms with van der Waals surface area (Å²) in [5, 5.41) is 1.05. The van der Waals surface area contributed by atoms with Crippen LogP contribution in [0.2, 0.25) is 0 Å². The van der Waals surface area contributed by atoms with E-state index < -0.39 is 0 Å². The molecule has 22 heavy (non-hydrogen) atoms. The first-order chi connectivity index (χ1) is 10.6. The summed E-state index contributed by atoms with van der Waals surface area (Å²) in [7, 11) is 0. The standard InChI is InChI=1S/C18H15N3O/c1-10-7-8-13-12(9-10)11(2)16(18(22)21-13)17-19-14-5-3-4-6-15(14)20-17/h3-9H,1-2H3,(H,19,20)(H,21,22). The van der Waals surface area contributed by atoms with E-state index in [-0.39, 0.29) is 5.56 Å². The molecular weight excluding hydrogens is 274 g/mol. The van der Waals surface area contributed by atoms with Gasteiger partial charge in [0.25, 0.3) is 5.56 Å². The predicted molar refractivity (Wildman–Crippen MR) is 89.1 cm³/mol. The van der Waals surface area contributed by atoms with Crippen LogP contribution in [0.1, 0.15) is 11.1 Å². The van der Waals surface area contributed by atoms with E-state index in [1.165, 1.54) is 5.56 Å². The summed E-state index contributed by atoms with van der Waals surface area (Å²) < 4.78 is 0. The predicted octanol–water partition coefficient (Wildman–Crippen LogP) is 3.69. The molecule has 2 heterocycles. The van der Waals surface area contributed by atoms with Gasteiger partial charge in [0.2, 0.25) is 0 Å². The van der Waals surface area contributed by atoms with Crippen LogP contribution in [0.15, 0.2) is 47.3 Å². The molecule has 2 N–H and O–H groups in total. The Morgan fingerprint density at radius 1 is 0.955 bits per heavy atom. The van der Waals surface area contributed by atoms with Crippen molar-refractivity contribution < 1.29 is 0 Å². The number of benzene rings is 2. The molecule has 0 atom stereocenters. The fourth-order valence-corrected chi connectivity index (χ4v) is 2.92. The summed E-state index contributed by atoms with van der Waals surface area (Å²) >= 11 is 0. The number of imidazole rings is 1. The number of fused-ring (bicyclic) bond motifs is 2. The normalized spacial score (nSPS) is 11.4. The monoisotopic (exact) mass is 289 g/mol. The van der Waals surface area contributed by atoms with Gasteiger partial charge in [0.1, 0.15) is 5.82 Å². The molecule has 0 aliphatic heterocycles. The Morgan fingerprint density at radius 3 is 2.59 bits per heavy atom. The van der Waals surface area contributed by atoms with Crippen LogP contribution < -0.4 is 5.56 Å². The van der Waals surface area contributed by atoms with Crippen molar-refractivity contribution in [2.75, 3.05) is 0 Å². The lowest BCUT2D eigenvalue weighted by atomic mass is 10.0. The molecule has 4 heteroatoms. The van der Waals surface area contributed by atoms with E-state index >= 15 is 0 Å². The van der Waals surface area contributed by atoms with Crippen molar-refractivity contribution in [1.82, 2.24) is 15.0 Å². The number of H-pyrrole nitrogens is 2. The molecule has 0 radical (unpaired) electrons. The van der Waals surface area contributed by atoms with Gasteiger partial charge in [-0.15, -0.1) is 0 Å². The van der Waals surface area contributed by atoms with E-state index in [9.17, 15) is 4.79 Å². The van der Waals surface area contributed by atoms with Crippen molar-refractivity contribution in [3.8, 4) is 11.4 Å². The van der Waals surface area contributed by atoms with Crippen LogP contribution in [0.25, 0.3) is 33.3 Å². The van der Waals surface area contributed by atoms with Crippen LogP contribution in [0.5, 0.6) is 0 Å². The highest BCUT2D eigenvalue weighted by molar-refractivity contribution is 5.89. The molecule has 0 aliphatic carbocycles. The van der Waals surface area contributed by atoms with Crippen molar-refractivity contribution in [2.45, 2.75) is 13.8 Å². The second kappa shape index (κ2) is 4.56. The molecule has 0 unspecified atom stereocenters. The molecule has 4 aromatic rings. The molecule has 4 nitrogen and oxygen atoms in total. The highest BCUT2D eigenvalue weighted by Gasteiger charge is 2.14. The van der Waals surface area contributed by atoms with Crippen LogP contribution in [0, 0.1) is 13.8 Å². The maximum absolute atomic E-state index is 12.5. The first kappa shape index (κ1) is 12.8. The third-order valence-corrected chi connectivity index (χ3v) is 4.06. The smallest absolute Gasteiger partial charge is 0.259 e. The van der Waals surface area contributed by atoms with Gasteiger partial charge in [-0.3, -0.25) is 4.79 Å². The minimum Gasteiger partial charge on any atom is -0.338 e. The molecule has 2 aromatic carbocycles. The number of nitrogens with zero attached hydrogens (tertiary/aromatic N) is 1. The number of hydrogen-bond acceptors (Lipinski definition) is 2. The number of pyridine rings is 1. The zero-order valence-electron chi connectivity index (χ0n) is 12.4. The molecular formula is C18H15N3O. The van der Waals surface area contributed by atoms with E-state index in [0.29, 0.717) is 11.4 Å². The lowest BCUT2D eigenvalue weighted by molar-refractivity contribution is 1.22. The van der Waals surface area contributed by atoms with Crippen LogP contribution in [-0.4, -0.2) is 15.0 Å². The quantitative estimate of drug-likeness (QED) is 0.561. The molecule has 4 rings (SSSR count). The Balaban J connectivity index is 2.07. The summed E-state index contributed by atoms with van der Waals surface area (Å²) in [5.41, 5.74) is 5.25. The van der Waals surface area contributed by atoms with Crippen molar-refractivity contribution in [3.63, 3.8) is 0 Å². The van der Waals surface area contributed by atoms with Gasteiger partial charge in [-0.25, -0.2) is 4.98 Å². The molecule has 0 spiro atoms. The van der Waals surface area contributed by atoms with Gasteiger partial charge < -0.3 is 9.97 Å². The van der Waals surface area contributed by atoms with Crippen LogP contribution in [-0.2, 0) is 0 Å². The first-order valence-corrected chi connectivity index (χ1v) is 7.22. The number of aromatic nitrogens is 3. The first-order valence-electron chi connectivity index (χ1n) is 7.22. The molecule has 0 saturated carbocycles. The lowest BCUT2D eigenvalue weighted by Crippen LogP contribution is -2.12. The summed E-state index contributed by atoms with van der Waals surface area (Å²) in [6.07, 6.45) is 0. The van der Waals surface area contributed by atoms with Crippen LogP contribution >= 0.6 is 0 Å². The Hall–Kier alpha value is -2.88. The van der Waals surface area contributed by atoms with Gasteiger partial charge in [0.05, 0.1) is 16.6 Å². The second-order valence-corrected chi connectivity index (χ2v) is 5.61. The van der Waals surface area contributed by atoms with Crippen molar-refractivity contribution in [1.29, 1.82) is 0 Å². The Labute approximate surface area is 126 Å². The van der Waals surface area contributed by atoms with Crippen molar-refractivity contribution in [3.05, 3.63) is 63.9 Å². The molecule has 108 valence electrons. The number of aromatic amines is 2. The largest absolute Gasteiger partial charge is 0.338 e. The summed E-state index contributed by atoms with van der Waals surface area (Å²) in [6.45, 7) is 4.02. The summed E-state index contributed by atoms with van der Waals surface area (Å²) in [4.78, 5) is 23.3. The molecule has 0 bridgehead atoms. The molecule has 0 aliphatic rings. The summed E-state index contributed by atoms with van der Waals surface area (Å²) in [5.74, 6) is 0.614. The van der Waals surface area contributed by atoms with Crippen molar-refractivity contribution >= 4 is 21.9 Å². The third-order valence-electron chi connectivity index (χ3n) is 4.06. The number of rotatable bonds is 1. The third kappa shape index (κ3) is 1.84. The molecule has 0 amide bonds. The molecule has 0 fully saturated rings. The Bertz CT molecular complexity index is 1040. The fourth-order valence-electron chi connectivity index (χ4n) is 2.92. The SMILES string of the molecule is Cc1ccc2[nH]c(=O)c(-c3nc4ccccc4[nH]3)c(C)c2c1. The maximum atomic E-state index is 12.5. The maximum Gasteiger partial charge on any atom is 0.259 e. The van der Waals surface area contributed by atoms with E-state index in [1.54, 1.807) is 0 Å². The second-order valence-electron chi connectivity index (χ2n) is 5.61. The number of hydrogen-bond donors (Lipinski definition) is 2. The highest BCUT2D eigenvalue weighted by Crippen LogP contribution is 2.25. The zero-order chi connectivity index (χ0) is 15.3. The van der Waals surface area contributed by atoms with Gasteiger partial charge in [-0.1, -0.05) is 23.8 Å². The van der Waals surface area contributed by atoms with Crippen LogP contribution in [0.4, 0.5) is 0 Å². The van der Waals surface area contributed by atoms with Gasteiger partial charge in [-0.2, -0.15) is 0 Å². The summed E-state index contributed by atoms with van der Waals surface area (Å²) in [6, 6.07) is 13.8. The molecule has 2 aromatic heterocycles. The average Bonchev–Trinajstić information content (AvgIpc) is 2.91. The Kier molecular flexibility index (Phi) is 2.66. The zero-order valence-corrected chi connectivity index (χ0v) is 12.4. The fraction of sp³-hybridized carbons (Fsp3) is 0.111. The number of nitrogens with one attached hydrogen (secondary N) is 2.